The van der Waals surface area contributed by atoms with E-state index in [-0.39, 0.29) is 5.56 Å². The summed E-state index contributed by atoms with van der Waals surface area (Å²) in [7, 11) is 0. The second kappa shape index (κ2) is 4.86. The van der Waals surface area contributed by atoms with Gasteiger partial charge in [-0.2, -0.15) is 0 Å². The summed E-state index contributed by atoms with van der Waals surface area (Å²) in [4.78, 5) is 0. The van der Waals surface area contributed by atoms with Crippen LogP contribution in [-0.2, 0) is 0 Å². The van der Waals surface area contributed by atoms with Gasteiger partial charge in [0.15, 0.2) is 0 Å². The molecule has 0 amide bonds. The van der Waals surface area contributed by atoms with Crippen LogP contribution in [0.2, 0.25) is 0 Å². The lowest BCUT2D eigenvalue weighted by Gasteiger charge is -2.13. The quantitative estimate of drug-likeness (QED) is 0.859. The molecule has 0 bridgehead atoms. The first-order valence-electron chi connectivity index (χ1n) is 5.69. The van der Waals surface area contributed by atoms with Crippen molar-refractivity contribution in [1.82, 2.24) is 0 Å². The number of benzene rings is 2. The van der Waals surface area contributed by atoms with Crippen molar-refractivity contribution in [3.05, 3.63) is 70.3 Å². The van der Waals surface area contributed by atoms with Crippen LogP contribution in [0.15, 0.2) is 36.4 Å². The van der Waals surface area contributed by atoms with Gasteiger partial charge in [0.2, 0.25) is 0 Å². The normalized spacial score (nSPS) is 12.5. The van der Waals surface area contributed by atoms with Crippen LogP contribution < -0.4 is 0 Å². The van der Waals surface area contributed by atoms with E-state index in [4.69, 9.17) is 0 Å². The Morgan fingerprint density at radius 2 is 1.56 bits per heavy atom. The summed E-state index contributed by atoms with van der Waals surface area (Å²) >= 11 is 0. The number of halogens is 2. The number of hydrogen-bond acceptors (Lipinski definition) is 1. The summed E-state index contributed by atoms with van der Waals surface area (Å²) < 4.78 is 26.8. The molecule has 1 unspecified atom stereocenters. The highest BCUT2D eigenvalue weighted by atomic mass is 19.1. The Labute approximate surface area is 105 Å². The van der Waals surface area contributed by atoms with Gasteiger partial charge >= 0.3 is 0 Å². The first-order chi connectivity index (χ1) is 8.49. The van der Waals surface area contributed by atoms with E-state index in [2.05, 4.69) is 0 Å². The van der Waals surface area contributed by atoms with Gasteiger partial charge in [0, 0.05) is 11.6 Å². The minimum absolute atomic E-state index is 0.0951. The Kier molecular flexibility index (Phi) is 3.43. The second-order valence-corrected chi connectivity index (χ2v) is 4.44. The van der Waals surface area contributed by atoms with Crippen LogP contribution in [0.4, 0.5) is 8.78 Å². The van der Waals surface area contributed by atoms with Gasteiger partial charge in [0.25, 0.3) is 0 Å². The Hall–Kier alpha value is -1.74. The molecule has 1 nitrogen and oxygen atoms in total. The lowest BCUT2D eigenvalue weighted by atomic mass is 9.98. The van der Waals surface area contributed by atoms with Crippen LogP contribution >= 0.6 is 0 Å². The first-order valence-corrected chi connectivity index (χ1v) is 5.69. The molecule has 2 rings (SSSR count). The molecule has 3 heteroatoms. The van der Waals surface area contributed by atoms with E-state index in [1.54, 1.807) is 19.1 Å². The van der Waals surface area contributed by atoms with Gasteiger partial charge in [-0.05, 0) is 31.0 Å². The summed E-state index contributed by atoms with van der Waals surface area (Å²) in [6, 6.07) is 9.30. The maximum Gasteiger partial charge on any atom is 0.132 e. The van der Waals surface area contributed by atoms with Crippen molar-refractivity contribution >= 4 is 0 Å². The molecule has 0 radical (unpaired) electrons. The molecule has 0 spiro atoms. The van der Waals surface area contributed by atoms with Crippen molar-refractivity contribution in [2.24, 2.45) is 0 Å². The van der Waals surface area contributed by atoms with Crippen molar-refractivity contribution < 1.29 is 13.9 Å². The molecule has 1 atom stereocenters. The van der Waals surface area contributed by atoms with E-state index in [0.717, 1.165) is 11.6 Å². The van der Waals surface area contributed by atoms with E-state index in [1.165, 1.54) is 6.07 Å². The van der Waals surface area contributed by atoms with Gasteiger partial charge < -0.3 is 5.11 Å². The number of rotatable bonds is 2. The average molecular weight is 248 g/mol. The third-order valence-electron chi connectivity index (χ3n) is 2.97. The lowest BCUT2D eigenvalue weighted by Crippen LogP contribution is -2.04. The van der Waals surface area contributed by atoms with Crippen molar-refractivity contribution in [2.45, 2.75) is 20.0 Å². The monoisotopic (exact) mass is 248 g/mol. The van der Waals surface area contributed by atoms with E-state index < -0.39 is 17.7 Å². The largest absolute Gasteiger partial charge is 0.384 e. The molecule has 0 heterocycles. The number of aryl methyl sites for hydroxylation is 2. The van der Waals surface area contributed by atoms with Crippen LogP contribution in [0, 0.1) is 25.5 Å². The second-order valence-electron chi connectivity index (χ2n) is 4.44. The predicted molar refractivity (Wildman–Crippen MR) is 66.3 cm³/mol. The zero-order valence-electron chi connectivity index (χ0n) is 10.2. The van der Waals surface area contributed by atoms with Crippen LogP contribution in [0.5, 0.6) is 0 Å². The molecule has 2 aromatic carbocycles. The summed E-state index contributed by atoms with van der Waals surface area (Å²) in [5.74, 6) is -1.33. The Morgan fingerprint density at radius 3 is 2.17 bits per heavy atom. The van der Waals surface area contributed by atoms with E-state index in [0.29, 0.717) is 11.1 Å². The minimum atomic E-state index is -1.08. The highest BCUT2D eigenvalue weighted by molar-refractivity contribution is 5.35. The fraction of sp³-hybridized carbons (Fsp3) is 0.200. The van der Waals surface area contributed by atoms with Gasteiger partial charge in [-0.3, -0.25) is 0 Å². The molecule has 0 aliphatic heterocycles. The van der Waals surface area contributed by atoms with Gasteiger partial charge in [-0.15, -0.1) is 0 Å². The lowest BCUT2D eigenvalue weighted by molar-refractivity contribution is 0.214. The third-order valence-corrected chi connectivity index (χ3v) is 2.97. The molecule has 0 aliphatic rings. The zero-order chi connectivity index (χ0) is 13.3. The van der Waals surface area contributed by atoms with Gasteiger partial charge in [0.1, 0.15) is 17.7 Å². The van der Waals surface area contributed by atoms with Crippen molar-refractivity contribution in [1.29, 1.82) is 0 Å². The van der Waals surface area contributed by atoms with Crippen LogP contribution in [0.3, 0.4) is 0 Å². The van der Waals surface area contributed by atoms with Gasteiger partial charge in [-0.1, -0.05) is 29.8 Å². The van der Waals surface area contributed by atoms with Gasteiger partial charge in [-0.25, -0.2) is 8.78 Å². The van der Waals surface area contributed by atoms with Crippen molar-refractivity contribution in [3.8, 4) is 0 Å². The Bertz CT molecular complexity index is 561. The Morgan fingerprint density at radius 1 is 0.944 bits per heavy atom. The smallest absolute Gasteiger partial charge is 0.132 e. The Balaban J connectivity index is 2.42. The summed E-state index contributed by atoms with van der Waals surface area (Å²) in [6.45, 7) is 3.47. The van der Waals surface area contributed by atoms with Crippen molar-refractivity contribution in [3.63, 3.8) is 0 Å². The highest BCUT2D eigenvalue weighted by Gasteiger charge is 2.16. The maximum atomic E-state index is 13.6. The molecule has 18 heavy (non-hydrogen) atoms. The highest BCUT2D eigenvalue weighted by Crippen LogP contribution is 2.26. The summed E-state index contributed by atoms with van der Waals surface area (Å²) in [5, 5.41) is 10.1. The van der Waals surface area contributed by atoms with Crippen LogP contribution in [0.25, 0.3) is 0 Å². The van der Waals surface area contributed by atoms with E-state index >= 15 is 0 Å². The average Bonchev–Trinajstić information content (AvgIpc) is 2.34. The molecule has 0 saturated heterocycles. The molecular weight excluding hydrogens is 234 g/mol. The van der Waals surface area contributed by atoms with E-state index in [9.17, 15) is 13.9 Å². The molecule has 0 fully saturated rings. The third kappa shape index (κ3) is 2.41. The molecule has 0 aliphatic carbocycles. The molecule has 0 aromatic heterocycles. The molecule has 1 N–H and O–H groups in total. The summed E-state index contributed by atoms with van der Waals surface area (Å²) in [5.41, 5.74) is 2.06. The van der Waals surface area contributed by atoms with Crippen LogP contribution in [-0.4, -0.2) is 5.11 Å². The SMILES string of the molecule is Cc1ccc(C(O)c2cc(C)c(F)cc2F)cc1. The molecule has 94 valence electrons. The zero-order valence-corrected chi connectivity index (χ0v) is 10.2. The number of aliphatic hydroxyl groups excluding tert-OH is 1. The predicted octanol–water partition coefficient (Wildman–Crippen LogP) is 3.66. The minimum Gasteiger partial charge on any atom is -0.384 e. The number of hydrogen-bond donors (Lipinski definition) is 1. The standard InChI is InChI=1S/C15H14F2O/c1-9-3-5-11(6-4-9)15(18)12-7-10(2)13(16)8-14(12)17/h3-8,15,18H,1-2H3. The fourth-order valence-electron chi connectivity index (χ4n) is 1.82. The maximum absolute atomic E-state index is 13.6. The van der Waals surface area contributed by atoms with Crippen molar-refractivity contribution in [2.75, 3.05) is 0 Å². The molecule has 0 saturated carbocycles. The number of aliphatic hydroxyl groups is 1. The first kappa shape index (κ1) is 12.7. The summed E-state index contributed by atoms with van der Waals surface area (Å²) in [6.07, 6.45) is -1.08. The molecule has 2 aromatic rings. The van der Waals surface area contributed by atoms with Crippen LogP contribution in [0.1, 0.15) is 28.4 Å². The fourth-order valence-corrected chi connectivity index (χ4v) is 1.82. The molecular formula is C15H14F2O. The van der Waals surface area contributed by atoms with E-state index in [1.807, 2.05) is 19.1 Å². The topological polar surface area (TPSA) is 20.2 Å². The van der Waals surface area contributed by atoms with Gasteiger partial charge in [0.05, 0.1) is 0 Å².